The summed E-state index contributed by atoms with van der Waals surface area (Å²) in [6, 6.07) is 8.64. The average Bonchev–Trinajstić information content (AvgIpc) is 2.29. The number of nitrogens with two attached hydrogens (primary N) is 1. The predicted molar refractivity (Wildman–Crippen MR) is 78.8 cm³/mol. The van der Waals surface area contributed by atoms with Crippen LogP contribution >= 0.6 is 11.8 Å². The zero-order chi connectivity index (χ0) is 12.7. The number of hydrogen-bond donors (Lipinski definition) is 2. The topological polar surface area (TPSA) is 38.0 Å². The van der Waals surface area contributed by atoms with Crippen LogP contribution < -0.4 is 11.1 Å². The highest BCUT2D eigenvalue weighted by atomic mass is 32.2. The Morgan fingerprint density at radius 2 is 1.88 bits per heavy atom. The Hall–Kier alpha value is -0.670. The third-order valence-corrected chi connectivity index (χ3v) is 3.65. The van der Waals surface area contributed by atoms with E-state index in [1.807, 2.05) is 11.8 Å². The number of anilines is 1. The van der Waals surface area contributed by atoms with E-state index in [1.165, 1.54) is 10.6 Å². The van der Waals surface area contributed by atoms with Crippen LogP contribution in [0.4, 0.5) is 5.69 Å². The quantitative estimate of drug-likeness (QED) is 0.728. The van der Waals surface area contributed by atoms with Crippen LogP contribution in [0.25, 0.3) is 0 Å². The van der Waals surface area contributed by atoms with Crippen molar-refractivity contribution < 1.29 is 0 Å². The van der Waals surface area contributed by atoms with Crippen LogP contribution in [0.1, 0.15) is 27.2 Å². The highest BCUT2D eigenvalue weighted by molar-refractivity contribution is 7.99. The Morgan fingerprint density at radius 1 is 1.24 bits per heavy atom. The smallest absolute Gasteiger partial charge is 0.0341 e. The Bertz CT molecular complexity index is 319. The van der Waals surface area contributed by atoms with Gasteiger partial charge in [-0.1, -0.05) is 20.8 Å². The van der Waals surface area contributed by atoms with E-state index in [0.717, 1.165) is 25.3 Å². The first-order chi connectivity index (χ1) is 8.07. The molecule has 0 saturated heterocycles. The van der Waals surface area contributed by atoms with Crippen molar-refractivity contribution in [3.63, 3.8) is 0 Å². The zero-order valence-corrected chi connectivity index (χ0v) is 11.9. The van der Waals surface area contributed by atoms with Crippen LogP contribution in [-0.2, 0) is 0 Å². The SMILES string of the molecule is CCSc1ccc(NCC(C)(C)CCN)cc1. The van der Waals surface area contributed by atoms with Gasteiger partial charge < -0.3 is 11.1 Å². The van der Waals surface area contributed by atoms with Crippen LogP contribution in [-0.4, -0.2) is 18.8 Å². The average molecular weight is 252 g/mol. The maximum Gasteiger partial charge on any atom is 0.0341 e. The summed E-state index contributed by atoms with van der Waals surface area (Å²) in [6.07, 6.45) is 1.05. The summed E-state index contributed by atoms with van der Waals surface area (Å²) < 4.78 is 0. The summed E-state index contributed by atoms with van der Waals surface area (Å²) >= 11 is 1.87. The van der Waals surface area contributed by atoms with Crippen LogP contribution in [0, 0.1) is 5.41 Å². The number of thioether (sulfide) groups is 1. The molecule has 0 atom stereocenters. The molecule has 1 aromatic carbocycles. The fourth-order valence-corrected chi connectivity index (χ4v) is 2.32. The summed E-state index contributed by atoms with van der Waals surface area (Å²) in [7, 11) is 0. The van der Waals surface area contributed by atoms with Gasteiger partial charge in [-0.15, -0.1) is 11.8 Å². The number of rotatable bonds is 7. The van der Waals surface area contributed by atoms with Crippen molar-refractivity contribution in [2.75, 3.05) is 24.2 Å². The summed E-state index contributed by atoms with van der Waals surface area (Å²) in [5.74, 6) is 1.12. The van der Waals surface area contributed by atoms with Crippen LogP contribution in [0.5, 0.6) is 0 Å². The van der Waals surface area contributed by atoms with Gasteiger partial charge in [0.05, 0.1) is 0 Å². The van der Waals surface area contributed by atoms with Crippen molar-refractivity contribution in [2.24, 2.45) is 11.1 Å². The summed E-state index contributed by atoms with van der Waals surface area (Å²) in [5.41, 5.74) is 7.05. The molecule has 0 bridgehead atoms. The van der Waals surface area contributed by atoms with Crippen LogP contribution in [0.15, 0.2) is 29.2 Å². The summed E-state index contributed by atoms with van der Waals surface area (Å²) in [4.78, 5) is 1.33. The molecule has 0 radical (unpaired) electrons. The normalized spacial score (nSPS) is 11.5. The van der Waals surface area contributed by atoms with E-state index in [2.05, 4.69) is 50.4 Å². The molecule has 17 heavy (non-hydrogen) atoms. The standard InChI is InChI=1S/C14H24N2S/c1-4-17-13-7-5-12(6-8-13)16-11-14(2,3)9-10-15/h5-8,16H,4,9-11,15H2,1-3H3. The highest BCUT2D eigenvalue weighted by Gasteiger charge is 2.15. The van der Waals surface area contributed by atoms with E-state index in [0.29, 0.717) is 0 Å². The van der Waals surface area contributed by atoms with Gasteiger partial charge >= 0.3 is 0 Å². The van der Waals surface area contributed by atoms with Crippen molar-refractivity contribution in [1.82, 2.24) is 0 Å². The van der Waals surface area contributed by atoms with Crippen molar-refractivity contribution in [3.8, 4) is 0 Å². The fraction of sp³-hybridized carbons (Fsp3) is 0.571. The zero-order valence-electron chi connectivity index (χ0n) is 11.1. The first kappa shape index (κ1) is 14.4. The van der Waals surface area contributed by atoms with Gasteiger partial charge in [-0.05, 0) is 48.4 Å². The third kappa shape index (κ3) is 5.46. The third-order valence-electron chi connectivity index (χ3n) is 2.76. The molecule has 0 aromatic heterocycles. The number of hydrogen-bond acceptors (Lipinski definition) is 3. The van der Waals surface area contributed by atoms with Crippen LogP contribution in [0.3, 0.4) is 0 Å². The lowest BCUT2D eigenvalue weighted by Crippen LogP contribution is -2.26. The molecule has 1 aromatic rings. The van der Waals surface area contributed by atoms with E-state index in [1.54, 1.807) is 0 Å². The minimum atomic E-state index is 0.256. The van der Waals surface area contributed by atoms with Gasteiger partial charge in [0.15, 0.2) is 0 Å². The first-order valence-electron chi connectivity index (χ1n) is 6.24. The lowest BCUT2D eigenvalue weighted by atomic mass is 9.89. The molecule has 0 spiro atoms. The highest BCUT2D eigenvalue weighted by Crippen LogP contribution is 2.23. The molecule has 2 nitrogen and oxygen atoms in total. The number of nitrogens with one attached hydrogen (secondary N) is 1. The monoisotopic (exact) mass is 252 g/mol. The molecule has 3 heteroatoms. The Morgan fingerprint density at radius 3 is 2.41 bits per heavy atom. The molecule has 0 aliphatic heterocycles. The largest absolute Gasteiger partial charge is 0.385 e. The lowest BCUT2D eigenvalue weighted by Gasteiger charge is -2.24. The van der Waals surface area contributed by atoms with Crippen molar-refractivity contribution in [2.45, 2.75) is 32.1 Å². The van der Waals surface area contributed by atoms with Crippen molar-refractivity contribution in [3.05, 3.63) is 24.3 Å². The fourth-order valence-electron chi connectivity index (χ4n) is 1.66. The van der Waals surface area contributed by atoms with E-state index in [9.17, 15) is 0 Å². The van der Waals surface area contributed by atoms with E-state index in [4.69, 9.17) is 5.73 Å². The second-order valence-electron chi connectivity index (χ2n) is 5.01. The number of benzene rings is 1. The summed E-state index contributed by atoms with van der Waals surface area (Å²) in [6.45, 7) is 8.37. The van der Waals surface area contributed by atoms with Gasteiger partial charge in [-0.2, -0.15) is 0 Å². The van der Waals surface area contributed by atoms with Gasteiger partial charge in [0.2, 0.25) is 0 Å². The van der Waals surface area contributed by atoms with Gasteiger partial charge in [-0.3, -0.25) is 0 Å². The maximum atomic E-state index is 5.61. The maximum absolute atomic E-state index is 5.61. The molecule has 1 rings (SSSR count). The minimum absolute atomic E-state index is 0.256. The summed E-state index contributed by atoms with van der Waals surface area (Å²) in [5, 5.41) is 3.47. The van der Waals surface area contributed by atoms with E-state index in [-0.39, 0.29) is 5.41 Å². The Labute approximate surface area is 109 Å². The van der Waals surface area contributed by atoms with E-state index < -0.39 is 0 Å². The van der Waals surface area contributed by atoms with Gasteiger partial charge in [0.1, 0.15) is 0 Å². The molecule has 3 N–H and O–H groups in total. The second-order valence-corrected chi connectivity index (χ2v) is 6.35. The second kappa shape index (κ2) is 6.92. The molecule has 0 amide bonds. The van der Waals surface area contributed by atoms with Gasteiger partial charge in [-0.25, -0.2) is 0 Å². The van der Waals surface area contributed by atoms with E-state index >= 15 is 0 Å². The Kier molecular flexibility index (Phi) is 5.86. The molecule has 0 fully saturated rings. The lowest BCUT2D eigenvalue weighted by molar-refractivity contribution is 0.365. The first-order valence-corrected chi connectivity index (χ1v) is 7.23. The Balaban J connectivity index is 2.46. The molecule has 0 heterocycles. The predicted octanol–water partition coefficient (Wildman–Crippen LogP) is 3.59. The van der Waals surface area contributed by atoms with Crippen molar-refractivity contribution in [1.29, 1.82) is 0 Å². The minimum Gasteiger partial charge on any atom is -0.385 e. The van der Waals surface area contributed by atoms with Gasteiger partial charge in [0, 0.05) is 17.1 Å². The molecule has 0 unspecified atom stereocenters. The van der Waals surface area contributed by atoms with Gasteiger partial charge in [0.25, 0.3) is 0 Å². The molecule has 0 saturated carbocycles. The van der Waals surface area contributed by atoms with Crippen molar-refractivity contribution >= 4 is 17.4 Å². The molecular weight excluding hydrogens is 228 g/mol. The molecule has 96 valence electrons. The molecular formula is C14H24N2S. The van der Waals surface area contributed by atoms with Crippen LogP contribution in [0.2, 0.25) is 0 Å². The molecule has 0 aliphatic carbocycles. The molecule has 0 aliphatic rings.